The van der Waals surface area contributed by atoms with Crippen molar-refractivity contribution in [2.24, 2.45) is 5.73 Å². The zero-order valence-corrected chi connectivity index (χ0v) is 9.36. The number of nitrogens with two attached hydrogens (primary N) is 1. The fourth-order valence-electron chi connectivity index (χ4n) is 0.959. The number of non-ortho nitro benzene ring substituents is 1. The lowest BCUT2D eigenvalue weighted by atomic mass is 10.3. The molecule has 0 fully saturated rings. The third-order valence-corrected chi connectivity index (χ3v) is 1.92. The van der Waals surface area contributed by atoms with E-state index in [0.717, 1.165) is 0 Å². The minimum Gasteiger partial charge on any atom is -0.421 e. The van der Waals surface area contributed by atoms with Crippen LogP contribution in [-0.2, 0) is 9.53 Å². The molecule has 0 aromatic heterocycles. The Bertz CT molecular complexity index is 470. The van der Waals surface area contributed by atoms with Crippen LogP contribution in [0.25, 0.3) is 0 Å². The van der Waals surface area contributed by atoms with E-state index < -0.39 is 23.1 Å². The molecule has 0 radical (unpaired) electrons. The summed E-state index contributed by atoms with van der Waals surface area (Å²) in [5.41, 5.74) is 4.75. The number of benzene rings is 1. The maximum Gasteiger partial charge on any atom is 0.514 e. The highest BCUT2D eigenvalue weighted by atomic mass is 16.7. The van der Waals surface area contributed by atoms with Gasteiger partial charge in [-0.1, -0.05) is 0 Å². The Morgan fingerprint density at radius 1 is 1.33 bits per heavy atom. The Morgan fingerprint density at radius 2 is 1.89 bits per heavy atom. The van der Waals surface area contributed by atoms with Crippen LogP contribution in [-0.4, -0.2) is 23.1 Å². The first-order valence-corrected chi connectivity index (χ1v) is 4.82. The molecule has 0 aliphatic carbocycles. The van der Waals surface area contributed by atoms with Gasteiger partial charge >= 0.3 is 6.16 Å². The van der Waals surface area contributed by atoms with E-state index in [-0.39, 0.29) is 11.4 Å². The van der Waals surface area contributed by atoms with Gasteiger partial charge in [0.25, 0.3) is 11.6 Å². The molecule has 1 aromatic rings. The fourth-order valence-corrected chi connectivity index (χ4v) is 0.959. The molecule has 0 saturated carbocycles. The van der Waals surface area contributed by atoms with Gasteiger partial charge in [0.05, 0.1) is 4.92 Å². The summed E-state index contributed by atoms with van der Waals surface area (Å²) in [4.78, 5) is 31.6. The van der Waals surface area contributed by atoms with E-state index in [1.165, 1.54) is 31.2 Å². The fraction of sp³-hybridized carbons (Fsp3) is 0.200. The van der Waals surface area contributed by atoms with Gasteiger partial charge in [0.1, 0.15) is 5.75 Å². The van der Waals surface area contributed by atoms with Crippen molar-refractivity contribution in [3.8, 4) is 5.75 Å². The Labute approximate surface area is 101 Å². The molecule has 1 atom stereocenters. The summed E-state index contributed by atoms with van der Waals surface area (Å²) in [7, 11) is 0. The minimum atomic E-state index is -1.12. The number of amides is 1. The Kier molecular flexibility index (Phi) is 4.19. The zero-order valence-electron chi connectivity index (χ0n) is 9.36. The first-order valence-electron chi connectivity index (χ1n) is 4.82. The summed E-state index contributed by atoms with van der Waals surface area (Å²) in [5.74, 6) is -0.752. The van der Waals surface area contributed by atoms with Crippen LogP contribution < -0.4 is 10.5 Å². The van der Waals surface area contributed by atoms with Gasteiger partial charge in [-0.3, -0.25) is 14.9 Å². The molecular weight excluding hydrogens is 244 g/mol. The maximum absolute atomic E-state index is 11.2. The Hall–Kier alpha value is -2.64. The number of rotatable bonds is 4. The van der Waals surface area contributed by atoms with E-state index in [1.807, 2.05) is 0 Å². The van der Waals surface area contributed by atoms with E-state index in [2.05, 4.69) is 9.47 Å². The van der Waals surface area contributed by atoms with Gasteiger partial charge in [-0.05, 0) is 19.1 Å². The average molecular weight is 254 g/mol. The monoisotopic (exact) mass is 254 g/mol. The lowest BCUT2D eigenvalue weighted by molar-refractivity contribution is -0.384. The van der Waals surface area contributed by atoms with E-state index >= 15 is 0 Å². The van der Waals surface area contributed by atoms with Crippen LogP contribution in [0.15, 0.2) is 24.3 Å². The van der Waals surface area contributed by atoms with Crippen LogP contribution >= 0.6 is 0 Å². The highest BCUT2D eigenvalue weighted by Gasteiger charge is 2.16. The highest BCUT2D eigenvalue weighted by molar-refractivity contribution is 5.80. The molecule has 0 unspecified atom stereocenters. The van der Waals surface area contributed by atoms with Gasteiger partial charge in [-0.25, -0.2) is 4.79 Å². The highest BCUT2D eigenvalue weighted by Crippen LogP contribution is 2.17. The minimum absolute atomic E-state index is 0.0577. The molecule has 0 aliphatic rings. The number of carbonyl (C=O) groups excluding carboxylic acids is 2. The molecule has 0 bridgehead atoms. The van der Waals surface area contributed by atoms with Crippen LogP contribution in [0, 0.1) is 10.1 Å². The van der Waals surface area contributed by atoms with Gasteiger partial charge in [-0.2, -0.15) is 0 Å². The second-order valence-electron chi connectivity index (χ2n) is 3.27. The molecule has 96 valence electrons. The van der Waals surface area contributed by atoms with Crippen molar-refractivity contribution in [3.63, 3.8) is 0 Å². The molecule has 2 N–H and O–H groups in total. The molecule has 1 amide bonds. The number of hydrogen-bond acceptors (Lipinski definition) is 6. The first-order chi connectivity index (χ1) is 8.40. The quantitative estimate of drug-likeness (QED) is 0.370. The van der Waals surface area contributed by atoms with Crippen molar-refractivity contribution in [2.75, 3.05) is 0 Å². The molecular formula is C10H10N2O6. The molecule has 1 aromatic carbocycles. The third kappa shape index (κ3) is 3.74. The lowest BCUT2D eigenvalue weighted by Gasteiger charge is -2.09. The van der Waals surface area contributed by atoms with E-state index in [4.69, 9.17) is 5.73 Å². The van der Waals surface area contributed by atoms with Gasteiger partial charge in [-0.15, -0.1) is 0 Å². The standard InChI is InChI=1S/C10H10N2O6/c1-6(9(11)13)17-10(14)18-8-4-2-7(3-5-8)12(15)16/h2-6H,1H3,(H2,11,13)/t6-/m0/s1. The van der Waals surface area contributed by atoms with Crippen molar-refractivity contribution < 1.29 is 24.0 Å². The van der Waals surface area contributed by atoms with Gasteiger partial charge in [0.15, 0.2) is 6.10 Å². The zero-order chi connectivity index (χ0) is 13.7. The second kappa shape index (κ2) is 5.62. The largest absolute Gasteiger partial charge is 0.514 e. The molecule has 8 heteroatoms. The maximum atomic E-state index is 11.2. The van der Waals surface area contributed by atoms with Gasteiger partial charge in [0.2, 0.25) is 0 Å². The van der Waals surface area contributed by atoms with Crippen molar-refractivity contribution >= 4 is 17.7 Å². The molecule has 0 spiro atoms. The van der Waals surface area contributed by atoms with Crippen LogP contribution in [0.3, 0.4) is 0 Å². The summed E-state index contributed by atoms with van der Waals surface area (Å²) in [6, 6.07) is 4.79. The number of primary amides is 1. The second-order valence-corrected chi connectivity index (χ2v) is 3.27. The summed E-state index contributed by atoms with van der Waals surface area (Å²) in [6.45, 7) is 1.29. The smallest absolute Gasteiger partial charge is 0.421 e. The third-order valence-electron chi connectivity index (χ3n) is 1.92. The molecule has 0 aliphatic heterocycles. The van der Waals surface area contributed by atoms with Crippen molar-refractivity contribution in [1.82, 2.24) is 0 Å². The van der Waals surface area contributed by atoms with Gasteiger partial charge in [0, 0.05) is 12.1 Å². The van der Waals surface area contributed by atoms with E-state index in [0.29, 0.717) is 0 Å². The molecule has 18 heavy (non-hydrogen) atoms. The van der Waals surface area contributed by atoms with Crippen molar-refractivity contribution in [3.05, 3.63) is 34.4 Å². The summed E-state index contributed by atoms with van der Waals surface area (Å²) in [5, 5.41) is 10.4. The average Bonchev–Trinajstić information content (AvgIpc) is 2.29. The SMILES string of the molecule is C[C@H](OC(=O)Oc1ccc([N+](=O)[O-])cc1)C(N)=O. The van der Waals surface area contributed by atoms with Crippen LogP contribution in [0.5, 0.6) is 5.75 Å². The first kappa shape index (κ1) is 13.4. The predicted octanol–water partition coefficient (Wildman–Crippen LogP) is 0.984. The number of nitro groups is 1. The number of carbonyl (C=O) groups is 2. The van der Waals surface area contributed by atoms with Crippen LogP contribution in [0.4, 0.5) is 10.5 Å². The summed E-state index contributed by atoms with van der Waals surface area (Å²) in [6.07, 6.45) is -2.23. The lowest BCUT2D eigenvalue weighted by Crippen LogP contribution is -2.31. The Balaban J connectivity index is 2.60. The number of hydrogen-bond donors (Lipinski definition) is 1. The van der Waals surface area contributed by atoms with E-state index in [1.54, 1.807) is 0 Å². The van der Waals surface area contributed by atoms with Crippen molar-refractivity contribution in [2.45, 2.75) is 13.0 Å². The number of ether oxygens (including phenoxy) is 2. The summed E-state index contributed by atoms with van der Waals surface area (Å²) >= 11 is 0. The Morgan fingerprint density at radius 3 is 2.33 bits per heavy atom. The predicted molar refractivity (Wildman–Crippen MR) is 58.9 cm³/mol. The summed E-state index contributed by atoms with van der Waals surface area (Å²) < 4.78 is 9.20. The molecule has 1 rings (SSSR count). The van der Waals surface area contributed by atoms with Gasteiger partial charge < -0.3 is 15.2 Å². The van der Waals surface area contributed by atoms with Crippen molar-refractivity contribution in [1.29, 1.82) is 0 Å². The van der Waals surface area contributed by atoms with Crippen LogP contribution in [0.1, 0.15) is 6.92 Å². The number of nitrogens with zero attached hydrogens (tertiary/aromatic N) is 1. The molecule has 0 heterocycles. The van der Waals surface area contributed by atoms with Crippen LogP contribution in [0.2, 0.25) is 0 Å². The molecule has 8 nitrogen and oxygen atoms in total. The van der Waals surface area contributed by atoms with E-state index in [9.17, 15) is 19.7 Å². The molecule has 0 saturated heterocycles. The topological polar surface area (TPSA) is 122 Å². The number of nitro benzene ring substituents is 1. The normalized spacial score (nSPS) is 11.4.